The van der Waals surface area contributed by atoms with Crippen molar-refractivity contribution in [2.45, 2.75) is 83.0 Å². The number of nitrogens with one attached hydrogen (secondary N) is 7. The van der Waals surface area contributed by atoms with Gasteiger partial charge in [-0.05, 0) is 55.5 Å². The molecule has 0 aliphatic heterocycles. The molecule has 316 valence electrons. The molecule has 2 aromatic carbocycles. The SMILES string of the molecule is CCCC(=O)N[C@@H](Cc1cnc[nH]1)C(=O)N[C@H](Cc1ccc(OCC)cc1)C(=O)N[C@@H](CCCN=C(N)N)C(=O)N[C@@H](Cc1c[nH]c2ccccc12)C(=O)NCC(N)=O. The first kappa shape index (κ1) is 44.8. The summed E-state index contributed by atoms with van der Waals surface area (Å²) < 4.78 is 5.57. The number of para-hydroxylation sites is 1. The molecule has 59 heavy (non-hydrogen) atoms. The van der Waals surface area contributed by atoms with Crippen molar-refractivity contribution < 1.29 is 33.5 Å². The van der Waals surface area contributed by atoms with Gasteiger partial charge in [-0.3, -0.25) is 33.8 Å². The van der Waals surface area contributed by atoms with Crippen LogP contribution in [0.15, 0.2) is 72.2 Å². The van der Waals surface area contributed by atoms with Gasteiger partial charge in [0.15, 0.2) is 5.96 Å². The van der Waals surface area contributed by atoms with E-state index in [9.17, 15) is 28.8 Å². The second kappa shape index (κ2) is 22.7. The van der Waals surface area contributed by atoms with Crippen LogP contribution in [0.2, 0.25) is 0 Å². The number of amides is 6. The molecule has 0 radical (unpaired) electrons. The summed E-state index contributed by atoms with van der Waals surface area (Å²) in [5, 5.41) is 14.3. The van der Waals surface area contributed by atoms with Crippen molar-refractivity contribution in [2.75, 3.05) is 19.7 Å². The van der Waals surface area contributed by atoms with Crippen LogP contribution < -0.4 is 48.5 Å². The molecule has 4 atom stereocenters. The predicted molar refractivity (Wildman–Crippen MR) is 220 cm³/mol. The monoisotopic (exact) mass is 814 g/mol. The fraction of sp³-hybridized carbons (Fsp3) is 0.400. The fourth-order valence-electron chi connectivity index (χ4n) is 6.27. The number of imidazole rings is 1. The second-order valence-electron chi connectivity index (χ2n) is 13.8. The summed E-state index contributed by atoms with van der Waals surface area (Å²) in [7, 11) is 0. The van der Waals surface area contributed by atoms with Crippen LogP contribution in [0, 0.1) is 0 Å². The molecule has 2 aromatic heterocycles. The number of guanidine groups is 1. The number of carbonyl (C=O) groups excluding carboxylic acids is 6. The molecule has 4 rings (SSSR count). The lowest BCUT2D eigenvalue weighted by molar-refractivity contribution is -0.134. The number of hydrogen-bond donors (Lipinski definition) is 10. The summed E-state index contributed by atoms with van der Waals surface area (Å²) in [6, 6.07) is 9.61. The van der Waals surface area contributed by atoms with E-state index in [0.29, 0.717) is 35.6 Å². The fourth-order valence-corrected chi connectivity index (χ4v) is 6.27. The zero-order valence-corrected chi connectivity index (χ0v) is 33.2. The summed E-state index contributed by atoms with van der Waals surface area (Å²) in [5.74, 6) is -3.45. The molecule has 19 heteroatoms. The van der Waals surface area contributed by atoms with Crippen LogP contribution in [0.5, 0.6) is 5.75 Å². The molecule has 0 fully saturated rings. The highest BCUT2D eigenvalue weighted by atomic mass is 16.5. The van der Waals surface area contributed by atoms with Gasteiger partial charge in [0, 0.05) is 61.2 Å². The maximum absolute atomic E-state index is 14.3. The first-order chi connectivity index (χ1) is 28.4. The van der Waals surface area contributed by atoms with Crippen LogP contribution in [-0.2, 0) is 48.0 Å². The van der Waals surface area contributed by atoms with Gasteiger partial charge in [0.1, 0.15) is 29.9 Å². The van der Waals surface area contributed by atoms with Crippen LogP contribution in [0.4, 0.5) is 0 Å². The number of aliphatic imine (C=N–C) groups is 1. The molecule has 0 aliphatic rings. The Hall–Kier alpha value is -6.92. The maximum atomic E-state index is 14.3. The van der Waals surface area contributed by atoms with E-state index in [1.54, 1.807) is 30.5 Å². The Balaban J connectivity index is 1.63. The number of carbonyl (C=O) groups is 6. The highest BCUT2D eigenvalue weighted by molar-refractivity contribution is 5.96. The van der Waals surface area contributed by atoms with Gasteiger partial charge >= 0.3 is 0 Å². The topological polar surface area (TPSA) is 307 Å². The van der Waals surface area contributed by atoms with Gasteiger partial charge in [0.05, 0.1) is 19.5 Å². The number of nitrogens with two attached hydrogens (primary N) is 3. The van der Waals surface area contributed by atoms with E-state index in [2.05, 4.69) is 46.5 Å². The Morgan fingerprint density at radius 3 is 2.08 bits per heavy atom. The van der Waals surface area contributed by atoms with Gasteiger partial charge in [0.25, 0.3) is 0 Å². The van der Waals surface area contributed by atoms with Crippen molar-refractivity contribution in [3.8, 4) is 5.75 Å². The molecule has 19 nitrogen and oxygen atoms in total. The Kier molecular flexibility index (Phi) is 17.3. The number of aromatic amines is 2. The van der Waals surface area contributed by atoms with E-state index in [0.717, 1.165) is 10.9 Å². The van der Waals surface area contributed by atoms with Gasteiger partial charge < -0.3 is 58.5 Å². The normalized spacial score (nSPS) is 12.9. The third-order valence-electron chi connectivity index (χ3n) is 9.16. The van der Waals surface area contributed by atoms with Crippen molar-refractivity contribution >= 4 is 52.3 Å². The van der Waals surface area contributed by atoms with Crippen molar-refractivity contribution in [2.24, 2.45) is 22.2 Å². The Morgan fingerprint density at radius 2 is 1.44 bits per heavy atom. The summed E-state index contributed by atoms with van der Waals surface area (Å²) in [6.07, 6.45) is 5.77. The van der Waals surface area contributed by atoms with E-state index in [1.807, 2.05) is 38.1 Å². The number of fused-ring (bicyclic) bond motifs is 1. The third-order valence-corrected chi connectivity index (χ3v) is 9.16. The van der Waals surface area contributed by atoms with Crippen molar-refractivity contribution in [3.63, 3.8) is 0 Å². The minimum absolute atomic E-state index is 0.00921. The quantitative estimate of drug-likeness (QED) is 0.0250. The molecule has 0 saturated carbocycles. The number of primary amides is 1. The third kappa shape index (κ3) is 14.5. The average Bonchev–Trinajstić information content (AvgIpc) is 3.88. The maximum Gasteiger partial charge on any atom is 0.243 e. The zero-order chi connectivity index (χ0) is 42.7. The molecule has 0 bridgehead atoms. The van der Waals surface area contributed by atoms with Crippen LogP contribution >= 0.6 is 0 Å². The minimum Gasteiger partial charge on any atom is -0.494 e. The standard InChI is InChI=1S/C40H54N12O7/c1-3-8-35(54)49-33(19-26-21-44-23-48-26)39(58)51-31(17-24-12-14-27(15-13-24)59-4-2)38(57)50-30(11-7-16-45-40(42)43)37(56)52-32(36(55)47-22-34(41)53)18-25-20-46-29-10-6-5-9-28(25)29/h5-6,9-10,12-15,20-21,23,30-33,46H,3-4,7-8,11,16-19,22H2,1-2H3,(H2,41,53)(H,44,48)(H,47,55)(H,49,54)(H,50,57)(H,51,58)(H,52,56)(H4,42,43,45)/t30-,31+,32-,33-/m0/s1. The number of aromatic nitrogens is 3. The number of hydrogen-bond acceptors (Lipinski definition) is 9. The molecule has 6 amide bonds. The number of benzene rings is 2. The van der Waals surface area contributed by atoms with Crippen LogP contribution in [-0.4, -0.2) is 100 Å². The molecule has 2 heterocycles. The van der Waals surface area contributed by atoms with E-state index < -0.39 is 60.2 Å². The predicted octanol–water partition coefficient (Wildman–Crippen LogP) is -0.288. The minimum atomic E-state index is -1.25. The number of nitrogens with zero attached hydrogens (tertiary/aromatic N) is 2. The van der Waals surface area contributed by atoms with Gasteiger partial charge in [-0.2, -0.15) is 0 Å². The molecular formula is C40H54N12O7. The Morgan fingerprint density at radius 1 is 0.780 bits per heavy atom. The number of ether oxygens (including phenoxy) is 1. The molecular weight excluding hydrogens is 761 g/mol. The highest BCUT2D eigenvalue weighted by Gasteiger charge is 2.32. The van der Waals surface area contributed by atoms with E-state index in [1.165, 1.54) is 12.5 Å². The van der Waals surface area contributed by atoms with Gasteiger partial charge in [-0.15, -0.1) is 0 Å². The first-order valence-corrected chi connectivity index (χ1v) is 19.4. The van der Waals surface area contributed by atoms with Crippen molar-refractivity contribution in [3.05, 3.63) is 84.1 Å². The summed E-state index contributed by atoms with van der Waals surface area (Å²) in [6.45, 7) is 3.79. The Bertz CT molecular complexity index is 2040. The summed E-state index contributed by atoms with van der Waals surface area (Å²) >= 11 is 0. The average molecular weight is 815 g/mol. The molecule has 0 aliphatic carbocycles. The van der Waals surface area contributed by atoms with Crippen LogP contribution in [0.25, 0.3) is 10.9 Å². The van der Waals surface area contributed by atoms with Gasteiger partial charge in [0.2, 0.25) is 35.4 Å². The van der Waals surface area contributed by atoms with Gasteiger partial charge in [-0.1, -0.05) is 37.3 Å². The highest BCUT2D eigenvalue weighted by Crippen LogP contribution is 2.20. The smallest absolute Gasteiger partial charge is 0.243 e. The van der Waals surface area contributed by atoms with E-state index in [-0.39, 0.29) is 56.9 Å². The second-order valence-corrected chi connectivity index (χ2v) is 13.8. The summed E-state index contributed by atoms with van der Waals surface area (Å²) in [5.41, 5.74) is 19.1. The summed E-state index contributed by atoms with van der Waals surface area (Å²) in [4.78, 5) is 94.3. The van der Waals surface area contributed by atoms with E-state index in [4.69, 9.17) is 21.9 Å². The molecule has 0 saturated heterocycles. The lowest BCUT2D eigenvalue weighted by Gasteiger charge is -2.27. The van der Waals surface area contributed by atoms with Gasteiger partial charge in [-0.25, -0.2) is 4.98 Å². The first-order valence-electron chi connectivity index (χ1n) is 19.4. The Labute approximate surface area is 341 Å². The molecule has 13 N–H and O–H groups in total. The van der Waals surface area contributed by atoms with Crippen molar-refractivity contribution in [1.82, 2.24) is 41.5 Å². The molecule has 0 unspecified atom stereocenters. The van der Waals surface area contributed by atoms with Crippen molar-refractivity contribution in [1.29, 1.82) is 0 Å². The van der Waals surface area contributed by atoms with Crippen LogP contribution in [0.1, 0.15) is 56.4 Å². The molecule has 4 aromatic rings. The zero-order valence-electron chi connectivity index (χ0n) is 33.2. The molecule has 0 spiro atoms. The number of rotatable bonds is 24. The number of H-pyrrole nitrogens is 2. The lowest BCUT2D eigenvalue weighted by Crippen LogP contribution is -2.59. The van der Waals surface area contributed by atoms with E-state index >= 15 is 0 Å². The lowest BCUT2D eigenvalue weighted by atomic mass is 10.0. The van der Waals surface area contributed by atoms with Crippen LogP contribution in [0.3, 0.4) is 0 Å². The largest absolute Gasteiger partial charge is 0.494 e.